The first-order valence-electron chi connectivity index (χ1n) is 7.24. The Morgan fingerprint density at radius 3 is 1.15 bits per heavy atom. The maximum Gasteiger partial charge on any atom is 0.460 e. The molecule has 0 aliphatic rings. The van der Waals surface area contributed by atoms with Crippen molar-refractivity contribution in [1.82, 2.24) is 0 Å². The summed E-state index contributed by atoms with van der Waals surface area (Å²) in [5.74, 6) is -52.6. The van der Waals surface area contributed by atoms with Crippen LogP contribution in [0.5, 0.6) is 0 Å². The summed E-state index contributed by atoms with van der Waals surface area (Å²) in [6.07, 6.45) is -16.4. The highest BCUT2D eigenvalue weighted by atomic mass is 32.2. The molecule has 4 nitrogen and oxygen atoms in total. The second-order valence-corrected chi connectivity index (χ2v) is 7.45. The van der Waals surface area contributed by atoms with Crippen molar-refractivity contribution >= 4 is 10.1 Å². The average molecular weight is 557 g/mol. The van der Waals surface area contributed by atoms with Gasteiger partial charge in [0.2, 0.25) is 0 Å². The fourth-order valence-corrected chi connectivity index (χ4v) is 2.15. The third-order valence-corrected chi connectivity index (χ3v) is 4.30. The summed E-state index contributed by atoms with van der Waals surface area (Å²) in [6.45, 7) is -2.16. The van der Waals surface area contributed by atoms with Gasteiger partial charge in [0.25, 0.3) is 0 Å². The van der Waals surface area contributed by atoms with E-state index < -0.39 is 76.7 Å². The van der Waals surface area contributed by atoms with Gasteiger partial charge in [-0.2, -0.15) is 74.6 Å². The average Bonchev–Trinajstić information content (AvgIpc) is 2.55. The molecule has 0 rings (SSSR count). The van der Waals surface area contributed by atoms with Crippen LogP contribution in [0.4, 0.5) is 74.6 Å². The summed E-state index contributed by atoms with van der Waals surface area (Å²) in [5.41, 5.74) is 0. The molecule has 0 amide bonds. The lowest BCUT2D eigenvalue weighted by atomic mass is 9.90. The lowest BCUT2D eigenvalue weighted by molar-refractivity contribution is -0.477. The minimum absolute atomic E-state index is 1.52. The molecule has 33 heavy (non-hydrogen) atoms. The van der Waals surface area contributed by atoms with Gasteiger partial charge in [0, 0.05) is 5.75 Å². The number of hydrogen-bond donors (Lipinski definition) is 0. The van der Waals surface area contributed by atoms with Gasteiger partial charge in [0.1, 0.15) is 0 Å². The summed E-state index contributed by atoms with van der Waals surface area (Å²) in [6, 6.07) is 0. The van der Waals surface area contributed by atoms with Crippen LogP contribution >= 0.6 is 0 Å². The van der Waals surface area contributed by atoms with Gasteiger partial charge in [-0.3, -0.25) is 0 Å². The minimum atomic E-state index is -8.75. The molecule has 0 aliphatic carbocycles. The van der Waals surface area contributed by atoms with Crippen LogP contribution in [-0.4, -0.2) is 73.2 Å². The molecule has 0 saturated carbocycles. The molecule has 0 heterocycles. The molecule has 0 spiro atoms. The lowest BCUT2D eigenvalue weighted by Crippen LogP contribution is -2.74. The summed E-state index contributed by atoms with van der Waals surface area (Å²) in [4.78, 5) is 0. The zero-order chi connectivity index (χ0) is 27.3. The van der Waals surface area contributed by atoms with E-state index in [4.69, 9.17) is 0 Å². The normalized spacial score (nSPS) is 16.3. The highest BCUT2D eigenvalue weighted by molar-refractivity contribution is 7.85. The van der Waals surface area contributed by atoms with Crippen LogP contribution in [0.3, 0.4) is 0 Å². The van der Waals surface area contributed by atoms with E-state index in [9.17, 15) is 87.6 Å². The molecule has 0 atom stereocenters. The monoisotopic (exact) mass is 557 g/mol. The zero-order valence-corrected chi connectivity index (χ0v) is 15.4. The Morgan fingerprint density at radius 1 is 0.545 bits per heavy atom. The molecule has 0 radical (unpaired) electrons. The van der Waals surface area contributed by atoms with E-state index >= 15 is 0 Å². The third kappa shape index (κ3) is 5.05. The molecule has 0 aliphatic heterocycles. The van der Waals surface area contributed by atoms with Gasteiger partial charge < -0.3 is 9.29 Å². The molecular weight excluding hydrogens is 551 g/mol. The van der Waals surface area contributed by atoms with E-state index in [0.717, 1.165) is 0 Å². The van der Waals surface area contributed by atoms with Crippen LogP contribution in [0.25, 0.3) is 0 Å². The smallest absolute Gasteiger partial charge is 0.460 e. The lowest BCUT2D eigenvalue weighted by Gasteiger charge is -2.42. The van der Waals surface area contributed by atoms with Crippen LogP contribution in [0.2, 0.25) is 0 Å². The van der Waals surface area contributed by atoms with E-state index in [1.165, 1.54) is 0 Å². The summed E-state index contributed by atoms with van der Waals surface area (Å²) >= 11 is 0. The summed E-state index contributed by atoms with van der Waals surface area (Å²) in [5, 5.41) is 0. The first kappa shape index (κ1) is 31.7. The van der Waals surface area contributed by atoms with Crippen LogP contribution in [-0.2, 0) is 14.9 Å². The van der Waals surface area contributed by atoms with Crippen molar-refractivity contribution in [2.24, 2.45) is 0 Å². The van der Waals surface area contributed by atoms with Crippen molar-refractivity contribution in [1.29, 1.82) is 0 Å². The van der Waals surface area contributed by atoms with Gasteiger partial charge in [-0.05, 0) is 6.42 Å². The van der Waals surface area contributed by atoms with Crippen molar-refractivity contribution in [3.63, 3.8) is 0 Å². The molecule has 0 aromatic carbocycles. The first-order chi connectivity index (χ1) is 14.0. The van der Waals surface area contributed by atoms with Gasteiger partial charge in [-0.15, -0.1) is 0 Å². The molecule has 200 valence electrons. The highest BCUT2D eigenvalue weighted by Gasteiger charge is 2.95. The number of rotatable bonds is 11. The highest BCUT2D eigenvalue weighted by Crippen LogP contribution is 2.63. The molecule has 0 N–H and O–H groups in total. The van der Waals surface area contributed by atoms with Crippen molar-refractivity contribution in [2.45, 2.75) is 54.2 Å². The van der Waals surface area contributed by atoms with E-state index in [1.54, 1.807) is 0 Å². The molecule has 0 saturated heterocycles. The van der Waals surface area contributed by atoms with Gasteiger partial charge >= 0.3 is 47.8 Å². The molecule has 0 aromatic rings. The predicted molar refractivity (Wildman–Crippen MR) is 65.8 cm³/mol. The fraction of sp³-hybridized carbons (Fsp3) is 1.00. The van der Waals surface area contributed by atoms with Crippen LogP contribution in [0, 0.1) is 0 Å². The zero-order valence-electron chi connectivity index (χ0n) is 14.6. The summed E-state index contributed by atoms with van der Waals surface area (Å²) in [7, 11) is -5.27. The first-order valence-corrected chi connectivity index (χ1v) is 8.82. The number of halogens is 17. The molecular formula is C11H6F17O4S-. The van der Waals surface area contributed by atoms with Crippen LogP contribution in [0.1, 0.15) is 6.42 Å². The maximum atomic E-state index is 13.3. The molecule has 0 fully saturated rings. The molecule has 0 bridgehead atoms. The van der Waals surface area contributed by atoms with Gasteiger partial charge in [0.05, 0.1) is 16.7 Å². The number of alkyl halides is 17. The van der Waals surface area contributed by atoms with E-state index in [-0.39, 0.29) is 0 Å². The second-order valence-electron chi connectivity index (χ2n) is 5.92. The second kappa shape index (κ2) is 8.41. The largest absolute Gasteiger partial charge is 0.748 e. The van der Waals surface area contributed by atoms with E-state index in [1.807, 2.05) is 0 Å². The van der Waals surface area contributed by atoms with E-state index in [0.29, 0.717) is 0 Å². The van der Waals surface area contributed by atoms with Gasteiger partial charge in [0.15, 0.2) is 0 Å². The Bertz CT molecular complexity index is 800. The maximum absolute atomic E-state index is 13.3. The van der Waals surface area contributed by atoms with Crippen LogP contribution < -0.4 is 0 Å². The Hall–Kier alpha value is -1.32. The molecule has 0 unspecified atom stereocenters. The Balaban J connectivity index is 6.31. The predicted octanol–water partition coefficient (Wildman–Crippen LogP) is 4.91. The standard InChI is InChI=1S/C11H7F17O4S/c12-4(13,6(16,17)8(20,21)10(24,25)26)5(14,15)7(18,19)9(22,23)11(27,28)32-2-1-3-33(29,30)31/h1-3H2,(H,29,30,31)/p-1. The van der Waals surface area contributed by atoms with Crippen LogP contribution in [0.15, 0.2) is 0 Å². The Morgan fingerprint density at radius 2 is 0.848 bits per heavy atom. The van der Waals surface area contributed by atoms with Crippen molar-refractivity contribution < 1.29 is 92.3 Å². The van der Waals surface area contributed by atoms with E-state index in [2.05, 4.69) is 4.74 Å². The number of hydrogen-bond acceptors (Lipinski definition) is 4. The number of ether oxygens (including phenoxy) is 1. The molecule has 22 heteroatoms. The van der Waals surface area contributed by atoms with Gasteiger partial charge in [-0.25, -0.2) is 8.42 Å². The summed E-state index contributed by atoms with van der Waals surface area (Å²) < 4.78 is 252. The van der Waals surface area contributed by atoms with Crippen molar-refractivity contribution in [2.75, 3.05) is 12.4 Å². The van der Waals surface area contributed by atoms with Crippen molar-refractivity contribution in [3.05, 3.63) is 0 Å². The Kier molecular flexibility index (Phi) is 8.08. The van der Waals surface area contributed by atoms with Gasteiger partial charge in [-0.1, -0.05) is 0 Å². The fourth-order valence-electron chi connectivity index (χ4n) is 1.68. The van der Waals surface area contributed by atoms with Crippen molar-refractivity contribution in [3.8, 4) is 0 Å². The topological polar surface area (TPSA) is 66.4 Å². The molecule has 0 aromatic heterocycles. The third-order valence-electron chi connectivity index (χ3n) is 3.52. The quantitative estimate of drug-likeness (QED) is 0.206. The Labute approximate surface area is 170 Å². The SMILES string of the molecule is O=S(=O)([O-])CCCOC(F)(F)C(F)(F)C(F)(F)C(F)(F)C(F)(F)C(F)(F)C(F)(F)C(F)(F)F. The minimum Gasteiger partial charge on any atom is -0.748 e.